The zero-order valence-electron chi connectivity index (χ0n) is 9.32. The molecular weight excluding hydrogens is 214 g/mol. The summed E-state index contributed by atoms with van der Waals surface area (Å²) in [7, 11) is 2.75. The molecule has 6 nitrogen and oxygen atoms in total. The van der Waals surface area contributed by atoms with Gasteiger partial charge in [-0.3, -0.25) is 14.4 Å². The number of methoxy groups -OCH3 is 1. The average molecular weight is 229 g/mol. The molecule has 0 unspecified atom stereocenters. The summed E-state index contributed by atoms with van der Waals surface area (Å²) in [6.07, 6.45) is -0.640. The van der Waals surface area contributed by atoms with E-state index in [9.17, 15) is 14.4 Å². The third-order valence-corrected chi connectivity index (χ3v) is 2.52. The van der Waals surface area contributed by atoms with Crippen molar-refractivity contribution < 1.29 is 23.9 Å². The van der Waals surface area contributed by atoms with Crippen LogP contribution in [0, 0.1) is 5.92 Å². The Labute approximate surface area is 93.3 Å². The van der Waals surface area contributed by atoms with Crippen molar-refractivity contribution in [3.63, 3.8) is 0 Å². The average Bonchev–Trinajstić information content (AvgIpc) is 2.77. The highest BCUT2D eigenvalue weighted by molar-refractivity contribution is 5.98. The lowest BCUT2D eigenvalue weighted by Gasteiger charge is -2.07. The molecule has 1 saturated heterocycles. The van der Waals surface area contributed by atoms with Gasteiger partial charge in [-0.15, -0.1) is 0 Å². The maximum absolute atomic E-state index is 11.5. The molecule has 1 amide bonds. The maximum atomic E-state index is 11.5. The first-order chi connectivity index (χ1) is 7.58. The van der Waals surface area contributed by atoms with Crippen molar-refractivity contribution in [2.75, 3.05) is 20.8 Å². The molecule has 0 bridgehead atoms. The van der Waals surface area contributed by atoms with Gasteiger partial charge in [-0.2, -0.15) is 0 Å². The van der Waals surface area contributed by atoms with E-state index in [-0.39, 0.29) is 30.6 Å². The van der Waals surface area contributed by atoms with E-state index >= 15 is 0 Å². The number of carbonyl (C=O) groups excluding carboxylic acids is 3. The highest BCUT2D eigenvalue weighted by Crippen LogP contribution is 2.21. The van der Waals surface area contributed by atoms with E-state index in [0.717, 1.165) is 0 Å². The predicted molar refractivity (Wildman–Crippen MR) is 53.6 cm³/mol. The van der Waals surface area contributed by atoms with Crippen molar-refractivity contribution in [1.82, 2.24) is 5.32 Å². The highest BCUT2D eigenvalue weighted by atomic mass is 16.5. The molecule has 1 fully saturated rings. The Hall–Kier alpha value is -1.43. The Balaban J connectivity index is 2.43. The molecule has 1 heterocycles. The molecule has 2 atom stereocenters. The number of hydrogen-bond acceptors (Lipinski definition) is 5. The van der Waals surface area contributed by atoms with Crippen molar-refractivity contribution in [2.24, 2.45) is 5.92 Å². The second-order valence-electron chi connectivity index (χ2n) is 3.59. The molecular formula is C10H15NO5. The van der Waals surface area contributed by atoms with Gasteiger partial charge in [-0.05, 0) is 6.42 Å². The molecule has 6 heteroatoms. The van der Waals surface area contributed by atoms with Crippen molar-refractivity contribution in [1.29, 1.82) is 0 Å². The lowest BCUT2D eigenvalue weighted by molar-refractivity contribution is -0.145. The van der Waals surface area contributed by atoms with Gasteiger partial charge in [0.05, 0.1) is 19.6 Å². The van der Waals surface area contributed by atoms with Crippen LogP contribution in [0.15, 0.2) is 0 Å². The van der Waals surface area contributed by atoms with Crippen LogP contribution in [0.4, 0.5) is 0 Å². The molecule has 1 aliphatic heterocycles. The van der Waals surface area contributed by atoms with Gasteiger partial charge in [0.25, 0.3) is 0 Å². The van der Waals surface area contributed by atoms with E-state index in [0.29, 0.717) is 6.42 Å². The summed E-state index contributed by atoms with van der Waals surface area (Å²) in [5.74, 6) is -1.37. The van der Waals surface area contributed by atoms with Gasteiger partial charge >= 0.3 is 5.97 Å². The largest absolute Gasteiger partial charge is 0.469 e. The molecule has 0 radical (unpaired) electrons. The third-order valence-electron chi connectivity index (χ3n) is 2.52. The lowest BCUT2D eigenvalue weighted by Crippen LogP contribution is -2.28. The molecule has 90 valence electrons. The van der Waals surface area contributed by atoms with Crippen LogP contribution in [0.5, 0.6) is 0 Å². The summed E-state index contributed by atoms with van der Waals surface area (Å²) < 4.78 is 9.56. The molecule has 0 saturated carbocycles. The monoisotopic (exact) mass is 229 g/mol. The molecule has 0 aromatic rings. The van der Waals surface area contributed by atoms with E-state index in [1.165, 1.54) is 14.2 Å². The fourth-order valence-corrected chi connectivity index (χ4v) is 1.57. The van der Waals surface area contributed by atoms with Gasteiger partial charge in [0, 0.05) is 7.05 Å². The van der Waals surface area contributed by atoms with Crippen LogP contribution in [-0.2, 0) is 23.9 Å². The first kappa shape index (κ1) is 12.6. The van der Waals surface area contributed by atoms with Crippen LogP contribution in [0.3, 0.4) is 0 Å². The van der Waals surface area contributed by atoms with Gasteiger partial charge in [0.15, 0.2) is 5.78 Å². The minimum atomic E-state index is -0.665. The Morgan fingerprint density at radius 1 is 1.44 bits per heavy atom. The van der Waals surface area contributed by atoms with Crippen molar-refractivity contribution >= 4 is 17.7 Å². The van der Waals surface area contributed by atoms with Crippen LogP contribution in [0.2, 0.25) is 0 Å². The first-order valence-corrected chi connectivity index (χ1v) is 5.01. The molecule has 16 heavy (non-hydrogen) atoms. The van der Waals surface area contributed by atoms with E-state index in [4.69, 9.17) is 4.74 Å². The van der Waals surface area contributed by atoms with Gasteiger partial charge in [-0.1, -0.05) is 0 Å². The SMILES string of the molecule is CNC(=O)[C@H]1CO[C@@H](C(=O)CC(=O)OC)C1. The molecule has 1 N–H and O–H groups in total. The molecule has 0 aliphatic carbocycles. The first-order valence-electron chi connectivity index (χ1n) is 5.01. The Morgan fingerprint density at radius 2 is 2.12 bits per heavy atom. The number of ether oxygens (including phenoxy) is 2. The minimum Gasteiger partial charge on any atom is -0.469 e. The summed E-state index contributed by atoms with van der Waals surface area (Å²) in [6.45, 7) is 0.219. The topological polar surface area (TPSA) is 81.7 Å². The number of amides is 1. The second-order valence-corrected chi connectivity index (χ2v) is 3.59. The van der Waals surface area contributed by atoms with Crippen LogP contribution in [0.1, 0.15) is 12.8 Å². The minimum absolute atomic E-state index is 0.145. The molecule has 0 aromatic heterocycles. The van der Waals surface area contributed by atoms with Gasteiger partial charge < -0.3 is 14.8 Å². The summed E-state index contributed by atoms with van der Waals surface area (Å²) in [6, 6.07) is 0. The van der Waals surface area contributed by atoms with Crippen LogP contribution in [-0.4, -0.2) is 44.5 Å². The fraction of sp³-hybridized carbons (Fsp3) is 0.700. The number of hydrogen-bond donors (Lipinski definition) is 1. The summed E-state index contributed by atoms with van der Waals surface area (Å²) >= 11 is 0. The number of Topliss-reactive ketones (excluding diaryl/α,β-unsaturated/α-hetero) is 1. The highest BCUT2D eigenvalue weighted by Gasteiger charge is 2.35. The van der Waals surface area contributed by atoms with E-state index < -0.39 is 12.1 Å². The van der Waals surface area contributed by atoms with Crippen LogP contribution >= 0.6 is 0 Å². The predicted octanol–water partition coefficient (Wildman–Crippen LogP) is -0.730. The Morgan fingerprint density at radius 3 is 2.69 bits per heavy atom. The van der Waals surface area contributed by atoms with E-state index in [2.05, 4.69) is 10.1 Å². The third kappa shape index (κ3) is 3.03. The summed E-state index contributed by atoms with van der Waals surface area (Å²) in [4.78, 5) is 33.7. The number of ketones is 1. The zero-order chi connectivity index (χ0) is 12.1. The maximum Gasteiger partial charge on any atom is 0.313 e. The van der Waals surface area contributed by atoms with Gasteiger partial charge in [0.2, 0.25) is 5.91 Å². The molecule has 0 aromatic carbocycles. The smallest absolute Gasteiger partial charge is 0.313 e. The number of rotatable bonds is 4. The van der Waals surface area contributed by atoms with Gasteiger partial charge in [0.1, 0.15) is 12.5 Å². The van der Waals surface area contributed by atoms with E-state index in [1.54, 1.807) is 0 Å². The quantitative estimate of drug-likeness (QED) is 0.507. The number of nitrogens with one attached hydrogen (secondary N) is 1. The summed E-state index contributed by atoms with van der Waals surface area (Å²) in [5.41, 5.74) is 0. The lowest BCUT2D eigenvalue weighted by atomic mass is 10.0. The van der Waals surface area contributed by atoms with Crippen molar-refractivity contribution in [3.8, 4) is 0 Å². The molecule has 1 aliphatic rings. The number of esters is 1. The Kier molecular flexibility index (Phi) is 4.42. The van der Waals surface area contributed by atoms with Crippen molar-refractivity contribution in [3.05, 3.63) is 0 Å². The normalized spacial score (nSPS) is 23.9. The van der Waals surface area contributed by atoms with E-state index in [1.807, 2.05) is 0 Å². The van der Waals surface area contributed by atoms with Crippen LogP contribution < -0.4 is 5.32 Å². The second kappa shape index (κ2) is 5.60. The standard InChI is InChI=1S/C10H15NO5/c1-11-10(14)6-3-8(16-5-6)7(12)4-9(13)15-2/h6,8H,3-5H2,1-2H3,(H,11,14)/t6-,8-/m1/s1. The molecule has 1 rings (SSSR count). The Bertz CT molecular complexity index is 302. The zero-order valence-corrected chi connectivity index (χ0v) is 9.32. The number of carbonyl (C=O) groups is 3. The van der Waals surface area contributed by atoms with Crippen LogP contribution in [0.25, 0.3) is 0 Å². The van der Waals surface area contributed by atoms with Gasteiger partial charge in [-0.25, -0.2) is 0 Å². The molecule has 0 spiro atoms. The fourth-order valence-electron chi connectivity index (χ4n) is 1.57. The van der Waals surface area contributed by atoms with Crippen molar-refractivity contribution in [2.45, 2.75) is 18.9 Å². The summed E-state index contributed by atoms with van der Waals surface area (Å²) in [5, 5.41) is 2.50.